The van der Waals surface area contributed by atoms with Crippen molar-refractivity contribution in [2.24, 2.45) is 0 Å². The summed E-state index contributed by atoms with van der Waals surface area (Å²) < 4.78 is 1.73. The Morgan fingerprint density at radius 2 is 2.04 bits per heavy atom. The summed E-state index contributed by atoms with van der Waals surface area (Å²) >= 11 is 12.1. The van der Waals surface area contributed by atoms with Crippen LogP contribution in [0.15, 0.2) is 29.2 Å². The molecule has 6 nitrogen and oxygen atoms in total. The van der Waals surface area contributed by atoms with E-state index in [1.165, 1.54) is 6.20 Å². The Kier molecular flexibility index (Phi) is 4.27. The second kappa shape index (κ2) is 6.11. The van der Waals surface area contributed by atoms with Crippen molar-refractivity contribution in [3.8, 4) is 0 Å². The molecule has 3 aromatic rings. The molecule has 0 atom stereocenters. The third-order valence-electron chi connectivity index (χ3n) is 3.53. The topological polar surface area (TPSA) is 75.6 Å². The molecule has 0 aliphatic carbocycles. The highest BCUT2D eigenvalue weighted by atomic mass is 35.5. The molecule has 0 spiro atoms. The molecule has 2 N–H and O–H groups in total. The van der Waals surface area contributed by atoms with Gasteiger partial charge in [-0.3, -0.25) is 9.78 Å². The first kappa shape index (κ1) is 16.8. The first-order valence-electron chi connectivity index (χ1n) is 7.42. The lowest BCUT2D eigenvalue weighted by atomic mass is 10.1. The molecule has 2 heterocycles. The molecule has 0 unspecified atom stereocenters. The quantitative estimate of drug-likeness (QED) is 0.740. The number of nitrogens with one attached hydrogen (secondary N) is 2. The van der Waals surface area contributed by atoms with Gasteiger partial charge in [-0.2, -0.15) is 10.1 Å². The fourth-order valence-corrected chi connectivity index (χ4v) is 2.81. The van der Waals surface area contributed by atoms with Gasteiger partial charge in [0.05, 0.1) is 11.7 Å². The Hall–Kier alpha value is -2.05. The Morgan fingerprint density at radius 3 is 2.71 bits per heavy atom. The Morgan fingerprint density at radius 1 is 1.29 bits per heavy atom. The number of aromatic nitrogens is 4. The van der Waals surface area contributed by atoms with Gasteiger partial charge in [0.15, 0.2) is 5.65 Å². The molecule has 3 rings (SSSR count). The van der Waals surface area contributed by atoms with E-state index in [4.69, 9.17) is 23.2 Å². The number of H-pyrrole nitrogens is 1. The number of fused-ring (bicyclic) bond motifs is 1. The van der Waals surface area contributed by atoms with Crippen molar-refractivity contribution >= 4 is 40.2 Å². The van der Waals surface area contributed by atoms with E-state index in [1.807, 2.05) is 26.8 Å². The number of nitrogens with zero attached hydrogens (tertiary/aromatic N) is 3. The van der Waals surface area contributed by atoms with Gasteiger partial charge in [0.2, 0.25) is 5.95 Å². The zero-order valence-electron chi connectivity index (χ0n) is 13.5. The van der Waals surface area contributed by atoms with Gasteiger partial charge in [-0.05, 0) is 38.5 Å². The summed E-state index contributed by atoms with van der Waals surface area (Å²) in [5, 5.41) is 8.96. The van der Waals surface area contributed by atoms with Crippen LogP contribution >= 0.6 is 23.2 Å². The van der Waals surface area contributed by atoms with E-state index in [0.29, 0.717) is 33.6 Å². The molecule has 0 aliphatic heterocycles. The molecule has 0 fully saturated rings. The van der Waals surface area contributed by atoms with Crippen molar-refractivity contribution < 1.29 is 0 Å². The summed E-state index contributed by atoms with van der Waals surface area (Å²) in [4.78, 5) is 19.4. The average Bonchev–Trinajstić information content (AvgIpc) is 2.91. The van der Waals surface area contributed by atoms with Crippen LogP contribution in [0.5, 0.6) is 0 Å². The van der Waals surface area contributed by atoms with E-state index in [-0.39, 0.29) is 11.1 Å². The number of hydrogen-bond acceptors (Lipinski definition) is 4. The standard InChI is InChI=1S/C16H17Cl2N5O/c1-16(2,3)23-13-11(8-20-23)14(24)22-15(21-13)19-7-9-4-5-10(17)6-12(9)18/h4-6,8H,7H2,1-3H3,(H2,19,21,22,24). The summed E-state index contributed by atoms with van der Waals surface area (Å²) in [6, 6.07) is 5.26. The number of benzene rings is 1. The first-order chi connectivity index (χ1) is 11.3. The summed E-state index contributed by atoms with van der Waals surface area (Å²) in [5.41, 5.74) is 0.878. The Balaban J connectivity index is 1.94. The Bertz CT molecular complexity index is 955. The molecule has 24 heavy (non-hydrogen) atoms. The zero-order chi connectivity index (χ0) is 17.5. The van der Waals surface area contributed by atoms with Gasteiger partial charge in [0, 0.05) is 16.6 Å². The molecule has 0 saturated heterocycles. The molecule has 0 bridgehead atoms. The molecule has 1 aromatic carbocycles. The zero-order valence-corrected chi connectivity index (χ0v) is 15.0. The largest absolute Gasteiger partial charge is 0.352 e. The molecular formula is C16H17Cl2N5O. The fourth-order valence-electron chi connectivity index (χ4n) is 2.34. The number of aromatic amines is 1. The van der Waals surface area contributed by atoms with E-state index in [9.17, 15) is 4.79 Å². The highest BCUT2D eigenvalue weighted by Gasteiger charge is 2.19. The second-order valence-electron chi connectivity index (χ2n) is 6.47. The maximum atomic E-state index is 12.2. The summed E-state index contributed by atoms with van der Waals surface area (Å²) in [5.74, 6) is 0.365. The van der Waals surface area contributed by atoms with Crippen LogP contribution in [0.25, 0.3) is 11.0 Å². The van der Waals surface area contributed by atoms with Crippen LogP contribution in [0, 0.1) is 0 Å². The molecule has 0 radical (unpaired) electrons. The minimum atomic E-state index is -0.278. The van der Waals surface area contributed by atoms with E-state index >= 15 is 0 Å². The van der Waals surface area contributed by atoms with Gasteiger partial charge in [-0.1, -0.05) is 29.3 Å². The average molecular weight is 366 g/mol. The van der Waals surface area contributed by atoms with E-state index in [0.717, 1.165) is 5.56 Å². The van der Waals surface area contributed by atoms with Crippen LogP contribution in [0.2, 0.25) is 10.0 Å². The van der Waals surface area contributed by atoms with Gasteiger partial charge >= 0.3 is 0 Å². The van der Waals surface area contributed by atoms with Crippen molar-refractivity contribution in [3.05, 3.63) is 50.4 Å². The molecule has 0 amide bonds. The van der Waals surface area contributed by atoms with Crippen molar-refractivity contribution in [2.45, 2.75) is 32.9 Å². The fraction of sp³-hybridized carbons (Fsp3) is 0.312. The smallest absolute Gasteiger partial charge is 0.263 e. The maximum absolute atomic E-state index is 12.2. The summed E-state index contributed by atoms with van der Waals surface area (Å²) in [7, 11) is 0. The van der Waals surface area contributed by atoms with Crippen LogP contribution in [-0.2, 0) is 12.1 Å². The highest BCUT2D eigenvalue weighted by Crippen LogP contribution is 2.22. The van der Waals surface area contributed by atoms with Gasteiger partial charge in [0.1, 0.15) is 5.39 Å². The minimum Gasteiger partial charge on any atom is -0.352 e. The van der Waals surface area contributed by atoms with Gasteiger partial charge < -0.3 is 5.32 Å². The van der Waals surface area contributed by atoms with Crippen LogP contribution in [0.1, 0.15) is 26.3 Å². The lowest BCUT2D eigenvalue weighted by Crippen LogP contribution is -2.24. The molecule has 0 aliphatic rings. The number of hydrogen-bond donors (Lipinski definition) is 2. The molecule has 126 valence electrons. The lowest BCUT2D eigenvalue weighted by Gasteiger charge is -2.19. The minimum absolute atomic E-state index is 0.236. The predicted octanol–water partition coefficient (Wildman–Crippen LogP) is 3.79. The van der Waals surface area contributed by atoms with Gasteiger partial charge in [-0.25, -0.2) is 4.68 Å². The van der Waals surface area contributed by atoms with Crippen LogP contribution in [-0.4, -0.2) is 19.7 Å². The van der Waals surface area contributed by atoms with Gasteiger partial charge in [0.25, 0.3) is 5.56 Å². The van der Waals surface area contributed by atoms with Crippen molar-refractivity contribution in [1.29, 1.82) is 0 Å². The molecule has 8 heteroatoms. The predicted molar refractivity (Wildman–Crippen MR) is 96.9 cm³/mol. The number of anilines is 1. The normalized spacial score (nSPS) is 11.9. The summed E-state index contributed by atoms with van der Waals surface area (Å²) in [6.45, 7) is 6.42. The third kappa shape index (κ3) is 3.25. The van der Waals surface area contributed by atoms with E-state index in [1.54, 1.807) is 16.8 Å². The number of rotatable bonds is 3. The van der Waals surface area contributed by atoms with Gasteiger partial charge in [-0.15, -0.1) is 0 Å². The third-order valence-corrected chi connectivity index (χ3v) is 4.12. The van der Waals surface area contributed by atoms with Crippen LogP contribution in [0.4, 0.5) is 5.95 Å². The summed E-state index contributed by atoms with van der Waals surface area (Å²) in [6.07, 6.45) is 1.53. The van der Waals surface area contributed by atoms with Crippen LogP contribution < -0.4 is 10.9 Å². The molecule has 2 aromatic heterocycles. The van der Waals surface area contributed by atoms with Crippen molar-refractivity contribution in [2.75, 3.05) is 5.32 Å². The van der Waals surface area contributed by atoms with E-state index < -0.39 is 0 Å². The van der Waals surface area contributed by atoms with Crippen LogP contribution in [0.3, 0.4) is 0 Å². The first-order valence-corrected chi connectivity index (χ1v) is 8.17. The number of halogens is 2. The molecule has 0 saturated carbocycles. The maximum Gasteiger partial charge on any atom is 0.263 e. The molecular weight excluding hydrogens is 349 g/mol. The monoisotopic (exact) mass is 365 g/mol. The van der Waals surface area contributed by atoms with Crippen molar-refractivity contribution in [1.82, 2.24) is 19.7 Å². The van der Waals surface area contributed by atoms with E-state index in [2.05, 4.69) is 20.4 Å². The van der Waals surface area contributed by atoms with Crippen molar-refractivity contribution in [3.63, 3.8) is 0 Å². The lowest BCUT2D eigenvalue weighted by molar-refractivity contribution is 0.366. The Labute approximate surface area is 148 Å². The SMILES string of the molecule is CC(C)(C)n1ncc2c(=O)[nH]c(NCc3ccc(Cl)cc3Cl)nc21. The highest BCUT2D eigenvalue weighted by molar-refractivity contribution is 6.35. The second-order valence-corrected chi connectivity index (χ2v) is 7.31.